The highest BCUT2D eigenvalue weighted by molar-refractivity contribution is 5.89. The molecule has 0 N–H and O–H groups in total. The van der Waals surface area contributed by atoms with Gasteiger partial charge in [0.2, 0.25) is 0 Å². The fourth-order valence-corrected chi connectivity index (χ4v) is 1.92. The molecule has 0 spiro atoms. The summed E-state index contributed by atoms with van der Waals surface area (Å²) in [6.45, 7) is 1.33. The zero-order chi connectivity index (χ0) is 12.8. The van der Waals surface area contributed by atoms with Crippen LogP contribution in [0.5, 0.6) is 0 Å². The Labute approximate surface area is 106 Å². The molecule has 0 radical (unpaired) electrons. The van der Waals surface area contributed by atoms with E-state index in [-0.39, 0.29) is 18.2 Å². The monoisotopic (exact) mass is 248 g/mol. The van der Waals surface area contributed by atoms with Crippen molar-refractivity contribution in [2.75, 3.05) is 19.7 Å². The van der Waals surface area contributed by atoms with Gasteiger partial charge in [0, 0.05) is 19.3 Å². The van der Waals surface area contributed by atoms with Crippen molar-refractivity contribution in [3.05, 3.63) is 30.1 Å². The molecule has 18 heavy (non-hydrogen) atoms. The van der Waals surface area contributed by atoms with E-state index in [1.165, 1.54) is 6.20 Å². The number of carbonyl (C=O) groups is 2. The second-order valence-corrected chi connectivity index (χ2v) is 4.23. The molecule has 0 unspecified atom stereocenters. The van der Waals surface area contributed by atoms with Gasteiger partial charge in [-0.1, -0.05) is 6.07 Å². The second-order valence-electron chi connectivity index (χ2n) is 4.23. The van der Waals surface area contributed by atoms with Crippen LogP contribution in [0.15, 0.2) is 24.4 Å². The molecule has 1 aromatic heterocycles. The second kappa shape index (κ2) is 6.14. The summed E-state index contributed by atoms with van der Waals surface area (Å²) in [5, 5.41) is 0. The van der Waals surface area contributed by atoms with E-state index in [2.05, 4.69) is 4.98 Å². The standard InChI is InChI=1S/C13H16N2O3/c16-12(15-8-4-1-5-9-15)10-18-13(17)11-6-2-3-7-14-11/h2-3,6-7H,1,4-5,8-10H2. The number of ether oxygens (including phenoxy) is 1. The third-order valence-corrected chi connectivity index (χ3v) is 2.91. The lowest BCUT2D eigenvalue weighted by Crippen LogP contribution is -2.38. The smallest absolute Gasteiger partial charge is 0.357 e. The van der Waals surface area contributed by atoms with Crippen molar-refractivity contribution in [1.82, 2.24) is 9.88 Å². The SMILES string of the molecule is O=C(OCC(=O)N1CCCCC1)c1ccccn1. The Balaban J connectivity index is 1.80. The Morgan fingerprint density at radius 3 is 2.67 bits per heavy atom. The highest BCUT2D eigenvalue weighted by Crippen LogP contribution is 2.09. The van der Waals surface area contributed by atoms with Crippen LogP contribution in [0.2, 0.25) is 0 Å². The Kier molecular flexibility index (Phi) is 4.28. The largest absolute Gasteiger partial charge is 0.451 e. The third-order valence-electron chi connectivity index (χ3n) is 2.91. The van der Waals surface area contributed by atoms with Crippen LogP contribution in [0.4, 0.5) is 0 Å². The van der Waals surface area contributed by atoms with Crippen LogP contribution >= 0.6 is 0 Å². The number of pyridine rings is 1. The molecule has 0 aromatic carbocycles. The number of hydrogen-bond acceptors (Lipinski definition) is 4. The summed E-state index contributed by atoms with van der Waals surface area (Å²) in [4.78, 5) is 29.0. The number of amides is 1. The maximum atomic E-state index is 11.8. The van der Waals surface area contributed by atoms with Crippen molar-refractivity contribution in [3.8, 4) is 0 Å². The van der Waals surface area contributed by atoms with Gasteiger partial charge in [0.15, 0.2) is 6.61 Å². The van der Waals surface area contributed by atoms with Crippen LogP contribution in [-0.2, 0) is 9.53 Å². The molecule has 1 fully saturated rings. The number of hydrogen-bond donors (Lipinski definition) is 0. The maximum absolute atomic E-state index is 11.8. The fraction of sp³-hybridized carbons (Fsp3) is 0.462. The lowest BCUT2D eigenvalue weighted by atomic mass is 10.1. The summed E-state index contributed by atoms with van der Waals surface area (Å²) >= 11 is 0. The Bertz CT molecular complexity index is 414. The van der Waals surface area contributed by atoms with Gasteiger partial charge in [-0.2, -0.15) is 0 Å². The van der Waals surface area contributed by atoms with Crippen LogP contribution in [0.1, 0.15) is 29.8 Å². The van der Waals surface area contributed by atoms with E-state index in [0.717, 1.165) is 32.4 Å². The molecule has 96 valence electrons. The molecule has 0 atom stereocenters. The summed E-state index contributed by atoms with van der Waals surface area (Å²) in [7, 11) is 0. The first-order valence-electron chi connectivity index (χ1n) is 6.13. The van der Waals surface area contributed by atoms with Crippen molar-refractivity contribution in [1.29, 1.82) is 0 Å². The predicted molar refractivity (Wildman–Crippen MR) is 65.0 cm³/mol. The molecule has 1 aromatic rings. The Morgan fingerprint density at radius 1 is 1.22 bits per heavy atom. The number of rotatable bonds is 3. The maximum Gasteiger partial charge on any atom is 0.357 e. The predicted octanol–water partition coefficient (Wildman–Crippen LogP) is 1.25. The number of esters is 1. The van der Waals surface area contributed by atoms with E-state index >= 15 is 0 Å². The zero-order valence-corrected chi connectivity index (χ0v) is 10.2. The van der Waals surface area contributed by atoms with Crippen molar-refractivity contribution in [3.63, 3.8) is 0 Å². The molecule has 5 heteroatoms. The minimum Gasteiger partial charge on any atom is -0.451 e. The number of likely N-dealkylation sites (tertiary alicyclic amines) is 1. The lowest BCUT2D eigenvalue weighted by molar-refractivity contribution is -0.135. The minimum absolute atomic E-state index is 0.126. The normalized spacial score (nSPS) is 15.2. The van der Waals surface area contributed by atoms with Gasteiger partial charge < -0.3 is 9.64 Å². The van der Waals surface area contributed by atoms with E-state index in [0.29, 0.717) is 0 Å². The van der Waals surface area contributed by atoms with Crippen molar-refractivity contribution in [2.45, 2.75) is 19.3 Å². The first-order chi connectivity index (χ1) is 8.77. The number of aromatic nitrogens is 1. The highest BCUT2D eigenvalue weighted by atomic mass is 16.5. The molecule has 1 amide bonds. The Hall–Kier alpha value is -1.91. The van der Waals surface area contributed by atoms with E-state index in [1.54, 1.807) is 23.1 Å². The topological polar surface area (TPSA) is 59.5 Å². The van der Waals surface area contributed by atoms with Crippen molar-refractivity contribution < 1.29 is 14.3 Å². The summed E-state index contributed by atoms with van der Waals surface area (Å²) in [6.07, 6.45) is 4.74. The van der Waals surface area contributed by atoms with Crippen molar-refractivity contribution in [2.24, 2.45) is 0 Å². The molecule has 2 rings (SSSR count). The molecule has 1 saturated heterocycles. The Morgan fingerprint density at radius 2 is 2.00 bits per heavy atom. The number of carbonyl (C=O) groups excluding carboxylic acids is 2. The minimum atomic E-state index is -0.555. The van der Waals surface area contributed by atoms with E-state index in [9.17, 15) is 9.59 Å². The lowest BCUT2D eigenvalue weighted by Gasteiger charge is -2.26. The molecule has 2 heterocycles. The summed E-state index contributed by atoms with van der Waals surface area (Å²) in [6, 6.07) is 4.99. The first kappa shape index (κ1) is 12.5. The molecular weight excluding hydrogens is 232 g/mol. The number of nitrogens with zero attached hydrogens (tertiary/aromatic N) is 2. The summed E-state index contributed by atoms with van der Waals surface area (Å²) < 4.78 is 4.95. The first-order valence-corrected chi connectivity index (χ1v) is 6.13. The molecular formula is C13H16N2O3. The molecule has 5 nitrogen and oxygen atoms in total. The van der Waals surface area contributed by atoms with Gasteiger partial charge in [0.05, 0.1) is 0 Å². The zero-order valence-electron chi connectivity index (χ0n) is 10.2. The molecule has 0 saturated carbocycles. The van der Waals surface area contributed by atoms with Crippen LogP contribution in [-0.4, -0.2) is 41.5 Å². The van der Waals surface area contributed by atoms with E-state index in [1.807, 2.05) is 0 Å². The average molecular weight is 248 g/mol. The molecule has 1 aliphatic rings. The van der Waals surface area contributed by atoms with E-state index < -0.39 is 5.97 Å². The average Bonchev–Trinajstić information content (AvgIpc) is 2.46. The van der Waals surface area contributed by atoms with Gasteiger partial charge in [0.1, 0.15) is 5.69 Å². The van der Waals surface area contributed by atoms with Gasteiger partial charge in [0.25, 0.3) is 5.91 Å². The van der Waals surface area contributed by atoms with Gasteiger partial charge in [-0.05, 0) is 31.4 Å². The highest BCUT2D eigenvalue weighted by Gasteiger charge is 2.18. The van der Waals surface area contributed by atoms with Gasteiger partial charge in [-0.25, -0.2) is 9.78 Å². The number of piperidine rings is 1. The van der Waals surface area contributed by atoms with Crippen molar-refractivity contribution >= 4 is 11.9 Å². The third kappa shape index (κ3) is 3.29. The molecule has 0 bridgehead atoms. The van der Waals surface area contributed by atoms with Crippen LogP contribution in [0.3, 0.4) is 0 Å². The molecule has 0 aliphatic carbocycles. The quantitative estimate of drug-likeness (QED) is 0.755. The van der Waals surface area contributed by atoms with Gasteiger partial charge in [-0.3, -0.25) is 4.79 Å². The van der Waals surface area contributed by atoms with Gasteiger partial charge >= 0.3 is 5.97 Å². The van der Waals surface area contributed by atoms with Gasteiger partial charge in [-0.15, -0.1) is 0 Å². The summed E-state index contributed by atoms with van der Waals surface area (Å²) in [5.41, 5.74) is 0.226. The summed E-state index contributed by atoms with van der Waals surface area (Å²) in [5.74, 6) is -0.681. The van der Waals surface area contributed by atoms with Crippen LogP contribution in [0.25, 0.3) is 0 Å². The van der Waals surface area contributed by atoms with E-state index in [4.69, 9.17) is 4.74 Å². The van der Waals surface area contributed by atoms with Crippen LogP contribution in [0, 0.1) is 0 Å². The molecule has 1 aliphatic heterocycles. The van der Waals surface area contributed by atoms with Crippen LogP contribution < -0.4 is 0 Å². The fourth-order valence-electron chi connectivity index (χ4n) is 1.92.